The van der Waals surface area contributed by atoms with Gasteiger partial charge in [-0.05, 0) is 38.1 Å². The average molecular weight is 316 g/mol. The van der Waals surface area contributed by atoms with Gasteiger partial charge in [0.1, 0.15) is 11.9 Å². The van der Waals surface area contributed by atoms with Crippen LogP contribution < -0.4 is 5.32 Å². The molecule has 3 aromatic rings. The molecule has 2 heterocycles. The number of hydrogen-bond donors (Lipinski definition) is 1. The van der Waals surface area contributed by atoms with E-state index in [1.54, 1.807) is 13.8 Å². The second-order valence-corrected chi connectivity index (χ2v) is 4.87. The van der Waals surface area contributed by atoms with Crippen molar-refractivity contribution >= 4 is 5.91 Å². The molecule has 0 spiro atoms. The van der Waals surface area contributed by atoms with Crippen LogP contribution in [0.15, 0.2) is 35.0 Å². The highest BCUT2D eigenvalue weighted by molar-refractivity contribution is 5.92. The van der Waals surface area contributed by atoms with Crippen LogP contribution in [0.4, 0.5) is 4.39 Å². The first-order valence-electron chi connectivity index (χ1n) is 6.82. The molecule has 1 N–H and O–H groups in total. The van der Waals surface area contributed by atoms with Crippen LogP contribution in [0.1, 0.15) is 35.2 Å². The second-order valence-electron chi connectivity index (χ2n) is 4.87. The molecule has 0 aliphatic rings. The van der Waals surface area contributed by atoms with Crippen molar-refractivity contribution in [2.45, 2.75) is 19.9 Å². The van der Waals surface area contributed by atoms with Crippen LogP contribution in [0, 0.1) is 12.7 Å². The summed E-state index contributed by atoms with van der Waals surface area (Å²) in [7, 11) is 0. The minimum Gasteiger partial charge on any atom is -0.339 e. The van der Waals surface area contributed by atoms with Gasteiger partial charge in [-0.25, -0.2) is 4.39 Å². The molecule has 0 fully saturated rings. The van der Waals surface area contributed by atoms with Crippen molar-refractivity contribution in [3.05, 3.63) is 53.7 Å². The first kappa shape index (κ1) is 14.8. The van der Waals surface area contributed by atoms with E-state index in [2.05, 4.69) is 25.7 Å². The maximum Gasteiger partial charge on any atom is 0.274 e. The summed E-state index contributed by atoms with van der Waals surface area (Å²) < 4.78 is 17.9. The number of aromatic nitrogens is 5. The predicted octanol–water partition coefficient (Wildman–Crippen LogP) is 1.59. The molecule has 0 bridgehead atoms. The van der Waals surface area contributed by atoms with E-state index in [1.165, 1.54) is 35.3 Å². The summed E-state index contributed by atoms with van der Waals surface area (Å²) >= 11 is 0. The highest BCUT2D eigenvalue weighted by Gasteiger charge is 2.18. The van der Waals surface area contributed by atoms with Crippen molar-refractivity contribution in [1.29, 1.82) is 0 Å². The number of halogens is 1. The molecule has 0 saturated carbocycles. The van der Waals surface area contributed by atoms with Crippen molar-refractivity contribution in [1.82, 2.24) is 30.5 Å². The molecule has 0 aliphatic heterocycles. The third-order valence-electron chi connectivity index (χ3n) is 3.04. The molecule has 0 radical (unpaired) electrons. The zero-order valence-electron chi connectivity index (χ0n) is 12.4. The fourth-order valence-corrected chi connectivity index (χ4v) is 1.89. The first-order valence-corrected chi connectivity index (χ1v) is 6.82. The maximum atomic E-state index is 12.9. The van der Waals surface area contributed by atoms with Crippen molar-refractivity contribution < 1.29 is 13.7 Å². The summed E-state index contributed by atoms with van der Waals surface area (Å²) in [4.78, 5) is 17.5. The molecule has 8 nitrogen and oxygen atoms in total. The van der Waals surface area contributed by atoms with Crippen molar-refractivity contribution in [2.75, 3.05) is 0 Å². The van der Waals surface area contributed by atoms with E-state index in [9.17, 15) is 9.18 Å². The van der Waals surface area contributed by atoms with Gasteiger partial charge in [0.2, 0.25) is 5.89 Å². The number of hydrogen-bond acceptors (Lipinski definition) is 6. The Balaban J connectivity index is 1.72. The van der Waals surface area contributed by atoms with Crippen molar-refractivity contribution in [3.8, 4) is 5.69 Å². The molecule has 3 rings (SSSR count). The minimum absolute atomic E-state index is 0.123. The van der Waals surface area contributed by atoms with Crippen LogP contribution in [0.5, 0.6) is 0 Å². The molecular weight excluding hydrogens is 303 g/mol. The van der Waals surface area contributed by atoms with Gasteiger partial charge in [-0.3, -0.25) is 4.79 Å². The van der Waals surface area contributed by atoms with Gasteiger partial charge in [0.05, 0.1) is 11.9 Å². The topological polar surface area (TPSA) is 98.7 Å². The lowest BCUT2D eigenvalue weighted by Gasteiger charge is -2.07. The van der Waals surface area contributed by atoms with E-state index in [0.29, 0.717) is 17.4 Å². The van der Waals surface area contributed by atoms with Crippen LogP contribution in [0.2, 0.25) is 0 Å². The van der Waals surface area contributed by atoms with Crippen LogP contribution in [0.3, 0.4) is 0 Å². The maximum absolute atomic E-state index is 12.9. The standard InChI is InChI=1S/C14H13FN6O2/c1-8(14-18-9(2)20-23-14)17-13(22)12-7-16-21(19-12)11-5-3-10(15)4-6-11/h3-8H,1-2H3,(H,17,22)/t8-/m1/s1. The van der Waals surface area contributed by atoms with E-state index < -0.39 is 11.9 Å². The molecule has 1 atom stereocenters. The molecule has 1 aromatic carbocycles. The van der Waals surface area contributed by atoms with Gasteiger partial charge in [0, 0.05) is 0 Å². The lowest BCUT2D eigenvalue weighted by atomic mass is 10.3. The van der Waals surface area contributed by atoms with E-state index >= 15 is 0 Å². The van der Waals surface area contributed by atoms with Gasteiger partial charge >= 0.3 is 0 Å². The number of rotatable bonds is 4. The quantitative estimate of drug-likeness (QED) is 0.784. The van der Waals surface area contributed by atoms with Gasteiger partial charge in [-0.2, -0.15) is 14.9 Å². The summed E-state index contributed by atoms with van der Waals surface area (Å²) in [6, 6.07) is 5.15. The number of aryl methyl sites for hydroxylation is 1. The largest absolute Gasteiger partial charge is 0.339 e. The Morgan fingerprint density at radius 3 is 2.74 bits per heavy atom. The fourth-order valence-electron chi connectivity index (χ4n) is 1.89. The molecule has 0 saturated heterocycles. The fraction of sp³-hybridized carbons (Fsp3) is 0.214. The van der Waals surface area contributed by atoms with E-state index in [1.807, 2.05) is 0 Å². The SMILES string of the molecule is Cc1noc([C@@H](C)NC(=O)c2cnn(-c3ccc(F)cc3)n2)n1. The van der Waals surface area contributed by atoms with Gasteiger partial charge in [0.15, 0.2) is 11.5 Å². The molecule has 9 heteroatoms. The van der Waals surface area contributed by atoms with E-state index in [4.69, 9.17) is 4.52 Å². The lowest BCUT2D eigenvalue weighted by Crippen LogP contribution is -2.27. The molecule has 2 aromatic heterocycles. The van der Waals surface area contributed by atoms with Crippen LogP contribution in [-0.4, -0.2) is 31.0 Å². The van der Waals surface area contributed by atoms with Crippen LogP contribution in [-0.2, 0) is 0 Å². The summed E-state index contributed by atoms with van der Waals surface area (Å²) in [5, 5.41) is 14.4. The Morgan fingerprint density at radius 2 is 2.09 bits per heavy atom. The highest BCUT2D eigenvalue weighted by atomic mass is 19.1. The van der Waals surface area contributed by atoms with E-state index in [0.717, 1.165) is 0 Å². The van der Waals surface area contributed by atoms with Crippen LogP contribution in [0.25, 0.3) is 5.69 Å². The second kappa shape index (κ2) is 5.95. The Bertz CT molecular complexity index is 826. The molecule has 1 amide bonds. The Labute approximate surface area is 130 Å². The Morgan fingerprint density at radius 1 is 1.35 bits per heavy atom. The number of carbonyl (C=O) groups is 1. The zero-order chi connectivity index (χ0) is 16.4. The summed E-state index contributed by atoms with van der Waals surface area (Å²) in [6.45, 7) is 3.41. The number of nitrogens with zero attached hydrogens (tertiary/aromatic N) is 5. The van der Waals surface area contributed by atoms with Gasteiger partial charge < -0.3 is 9.84 Å². The van der Waals surface area contributed by atoms with E-state index in [-0.39, 0.29) is 11.5 Å². The third-order valence-corrected chi connectivity index (χ3v) is 3.04. The van der Waals surface area contributed by atoms with Crippen molar-refractivity contribution in [2.24, 2.45) is 0 Å². The number of carbonyl (C=O) groups excluding carboxylic acids is 1. The number of amides is 1. The Kier molecular flexibility index (Phi) is 3.83. The lowest BCUT2D eigenvalue weighted by molar-refractivity contribution is 0.0927. The molecule has 118 valence electrons. The Hall–Kier alpha value is -3.10. The summed E-state index contributed by atoms with van der Waals surface area (Å²) in [5.74, 6) is 0.00870. The molecule has 0 aliphatic carbocycles. The molecule has 23 heavy (non-hydrogen) atoms. The minimum atomic E-state index is -0.459. The third kappa shape index (κ3) is 3.23. The van der Waals surface area contributed by atoms with Gasteiger partial charge in [-0.15, -0.1) is 5.10 Å². The summed E-state index contributed by atoms with van der Waals surface area (Å²) in [6.07, 6.45) is 1.32. The number of benzene rings is 1. The van der Waals surface area contributed by atoms with Gasteiger partial charge in [0.25, 0.3) is 5.91 Å². The normalized spacial score (nSPS) is 12.1. The molecule has 0 unspecified atom stereocenters. The monoisotopic (exact) mass is 316 g/mol. The predicted molar refractivity (Wildman–Crippen MR) is 76.2 cm³/mol. The summed E-state index contributed by atoms with van der Waals surface area (Å²) in [5.41, 5.74) is 0.670. The number of nitrogens with one attached hydrogen (secondary N) is 1. The van der Waals surface area contributed by atoms with Crippen molar-refractivity contribution in [3.63, 3.8) is 0 Å². The smallest absolute Gasteiger partial charge is 0.274 e. The average Bonchev–Trinajstić information content (AvgIpc) is 3.17. The zero-order valence-corrected chi connectivity index (χ0v) is 12.4. The first-order chi connectivity index (χ1) is 11.0. The van der Waals surface area contributed by atoms with Gasteiger partial charge in [-0.1, -0.05) is 5.16 Å². The van der Waals surface area contributed by atoms with Crippen LogP contribution >= 0.6 is 0 Å². The highest BCUT2D eigenvalue weighted by Crippen LogP contribution is 2.11. The molecular formula is C14H13FN6O2.